The Balaban J connectivity index is 1.94. The molecule has 1 aromatic carbocycles. The summed E-state index contributed by atoms with van der Waals surface area (Å²) in [6.07, 6.45) is 1.78. The van der Waals surface area contributed by atoms with Crippen molar-refractivity contribution in [1.82, 2.24) is 15.0 Å². The molecule has 1 aromatic heterocycles. The molecule has 2 aromatic rings. The highest BCUT2D eigenvalue weighted by atomic mass is 79.9. The number of ether oxygens (including phenoxy) is 1. The molecule has 0 atom stereocenters. The van der Waals surface area contributed by atoms with Gasteiger partial charge in [0.05, 0.1) is 22.3 Å². The van der Waals surface area contributed by atoms with Crippen LogP contribution in [0.3, 0.4) is 0 Å². The van der Waals surface area contributed by atoms with E-state index in [4.69, 9.17) is 33.7 Å². The van der Waals surface area contributed by atoms with Crippen LogP contribution in [0.15, 0.2) is 22.8 Å². The predicted molar refractivity (Wildman–Crippen MR) is 77.6 cm³/mol. The van der Waals surface area contributed by atoms with Gasteiger partial charge in [-0.05, 0) is 22.0 Å². The third-order valence-electron chi connectivity index (χ3n) is 2.35. The van der Waals surface area contributed by atoms with Gasteiger partial charge in [0, 0.05) is 23.3 Å². The molecule has 0 saturated carbocycles. The summed E-state index contributed by atoms with van der Waals surface area (Å²) in [5.74, 6) is 0.536. The van der Waals surface area contributed by atoms with Crippen LogP contribution < -0.4 is 10.5 Å². The average Bonchev–Trinajstić information content (AvgIpc) is 2.83. The predicted octanol–water partition coefficient (Wildman–Crippen LogP) is 2.89. The summed E-state index contributed by atoms with van der Waals surface area (Å²) in [4.78, 5) is 0. The smallest absolute Gasteiger partial charge is 0.139 e. The molecule has 0 spiro atoms. The minimum atomic E-state index is 0.370. The molecular weight excluding hydrogens is 355 g/mol. The van der Waals surface area contributed by atoms with E-state index in [1.54, 1.807) is 23.0 Å². The summed E-state index contributed by atoms with van der Waals surface area (Å²) >= 11 is 15.3. The Bertz CT molecular complexity index is 576. The topological polar surface area (TPSA) is 66.0 Å². The first-order chi connectivity index (χ1) is 9.10. The van der Waals surface area contributed by atoms with Gasteiger partial charge in [-0.15, -0.1) is 5.10 Å². The zero-order chi connectivity index (χ0) is 13.8. The Labute approximate surface area is 128 Å². The quantitative estimate of drug-likeness (QED) is 0.827. The van der Waals surface area contributed by atoms with E-state index in [1.165, 1.54) is 0 Å². The second kappa shape index (κ2) is 6.56. The largest absolute Gasteiger partial charge is 0.490 e. The van der Waals surface area contributed by atoms with E-state index in [9.17, 15) is 0 Å². The fraction of sp³-hybridized carbons (Fsp3) is 0.273. The van der Waals surface area contributed by atoms with Crippen LogP contribution in [0.5, 0.6) is 5.75 Å². The maximum atomic E-state index is 6.04. The molecule has 1 heterocycles. The first-order valence-corrected chi connectivity index (χ1v) is 7.01. The van der Waals surface area contributed by atoms with Gasteiger partial charge in [-0.2, -0.15) is 0 Å². The van der Waals surface area contributed by atoms with E-state index in [2.05, 4.69) is 26.2 Å². The summed E-state index contributed by atoms with van der Waals surface area (Å²) in [5, 5.41) is 8.84. The van der Waals surface area contributed by atoms with Crippen LogP contribution in [0.2, 0.25) is 10.0 Å². The lowest BCUT2D eigenvalue weighted by Crippen LogP contribution is -2.09. The molecule has 0 saturated heterocycles. The normalized spacial score (nSPS) is 10.7. The van der Waals surface area contributed by atoms with Gasteiger partial charge in [0.2, 0.25) is 0 Å². The van der Waals surface area contributed by atoms with Crippen LogP contribution >= 0.6 is 39.1 Å². The number of nitrogens with two attached hydrogens (primary N) is 1. The highest BCUT2D eigenvalue weighted by Gasteiger charge is 2.07. The minimum Gasteiger partial charge on any atom is -0.490 e. The van der Waals surface area contributed by atoms with Crippen LogP contribution in [0, 0.1) is 0 Å². The van der Waals surface area contributed by atoms with Gasteiger partial charge in [0.15, 0.2) is 0 Å². The monoisotopic (exact) mass is 364 g/mol. The molecule has 2 rings (SSSR count). The van der Waals surface area contributed by atoms with Crippen LogP contribution in [0.4, 0.5) is 0 Å². The van der Waals surface area contributed by atoms with E-state index in [0.29, 0.717) is 35.5 Å². The lowest BCUT2D eigenvalue weighted by molar-refractivity contribution is 0.290. The highest BCUT2D eigenvalue weighted by Crippen LogP contribution is 2.33. The van der Waals surface area contributed by atoms with Gasteiger partial charge in [0.25, 0.3) is 0 Å². The Morgan fingerprint density at radius 1 is 1.32 bits per heavy atom. The lowest BCUT2D eigenvalue weighted by Gasteiger charge is -2.09. The maximum Gasteiger partial charge on any atom is 0.139 e. The number of hydrogen-bond acceptors (Lipinski definition) is 4. The van der Waals surface area contributed by atoms with Gasteiger partial charge in [-0.25, -0.2) is 4.68 Å². The molecule has 0 fully saturated rings. The molecule has 0 aliphatic rings. The molecule has 0 aliphatic carbocycles. The van der Waals surface area contributed by atoms with E-state index < -0.39 is 0 Å². The molecule has 0 radical (unpaired) electrons. The van der Waals surface area contributed by atoms with E-state index >= 15 is 0 Å². The molecular formula is C11H11BrCl2N4O. The number of hydrogen-bond donors (Lipinski definition) is 1. The molecule has 0 bridgehead atoms. The highest BCUT2D eigenvalue weighted by molar-refractivity contribution is 9.10. The average molecular weight is 366 g/mol. The first kappa shape index (κ1) is 14.6. The fourth-order valence-electron chi connectivity index (χ4n) is 1.41. The molecule has 19 heavy (non-hydrogen) atoms. The summed E-state index contributed by atoms with van der Waals surface area (Å²) in [5.41, 5.74) is 6.19. The van der Waals surface area contributed by atoms with Gasteiger partial charge in [-0.1, -0.05) is 28.4 Å². The number of benzene rings is 1. The van der Waals surface area contributed by atoms with E-state index in [1.807, 2.05) is 0 Å². The molecule has 102 valence electrons. The maximum absolute atomic E-state index is 6.04. The molecule has 2 N–H and O–H groups in total. The second-order valence-corrected chi connectivity index (χ2v) is 5.39. The van der Waals surface area contributed by atoms with Crippen molar-refractivity contribution in [1.29, 1.82) is 0 Å². The lowest BCUT2D eigenvalue weighted by atomic mass is 10.3. The summed E-state index contributed by atoms with van der Waals surface area (Å²) < 4.78 is 7.96. The third-order valence-corrected chi connectivity index (χ3v) is 3.84. The fourth-order valence-corrected chi connectivity index (χ4v) is 2.25. The molecule has 5 nitrogen and oxygen atoms in total. The molecule has 0 unspecified atom stereocenters. The third kappa shape index (κ3) is 3.82. The standard InChI is InChI=1S/C11H11BrCl2N4O/c12-8-3-10(14)11(4-9(8)13)19-2-1-18-6-7(5-15)16-17-18/h3-4,6H,1-2,5,15H2. The van der Waals surface area contributed by atoms with Gasteiger partial charge in [0.1, 0.15) is 12.4 Å². The van der Waals surface area contributed by atoms with Gasteiger partial charge < -0.3 is 10.5 Å². The zero-order valence-electron chi connectivity index (χ0n) is 9.81. The van der Waals surface area contributed by atoms with Crippen molar-refractivity contribution in [3.05, 3.63) is 38.5 Å². The SMILES string of the molecule is NCc1cn(CCOc2cc(Cl)c(Br)cc2Cl)nn1. The zero-order valence-corrected chi connectivity index (χ0v) is 12.9. The van der Waals surface area contributed by atoms with Crippen molar-refractivity contribution < 1.29 is 4.74 Å². The van der Waals surface area contributed by atoms with Crippen molar-refractivity contribution in [2.75, 3.05) is 6.61 Å². The van der Waals surface area contributed by atoms with Crippen LogP contribution in [-0.2, 0) is 13.1 Å². The van der Waals surface area contributed by atoms with Crippen molar-refractivity contribution in [3.63, 3.8) is 0 Å². The van der Waals surface area contributed by atoms with Crippen molar-refractivity contribution in [2.45, 2.75) is 13.1 Å². The number of nitrogens with zero attached hydrogens (tertiary/aromatic N) is 3. The van der Waals surface area contributed by atoms with E-state index in [0.717, 1.165) is 10.2 Å². The summed E-state index contributed by atoms with van der Waals surface area (Å²) in [6.45, 7) is 1.33. The Morgan fingerprint density at radius 2 is 2.11 bits per heavy atom. The van der Waals surface area contributed by atoms with Crippen LogP contribution in [-0.4, -0.2) is 21.6 Å². The minimum absolute atomic E-state index is 0.370. The number of rotatable bonds is 5. The molecule has 8 heteroatoms. The summed E-state index contributed by atoms with van der Waals surface area (Å²) in [7, 11) is 0. The summed E-state index contributed by atoms with van der Waals surface area (Å²) in [6, 6.07) is 3.36. The van der Waals surface area contributed by atoms with Crippen LogP contribution in [0.25, 0.3) is 0 Å². The number of aromatic nitrogens is 3. The van der Waals surface area contributed by atoms with Crippen LogP contribution in [0.1, 0.15) is 5.69 Å². The first-order valence-electron chi connectivity index (χ1n) is 5.46. The van der Waals surface area contributed by atoms with Gasteiger partial charge in [-0.3, -0.25) is 0 Å². The van der Waals surface area contributed by atoms with Crippen molar-refractivity contribution in [2.24, 2.45) is 5.73 Å². The van der Waals surface area contributed by atoms with Crippen molar-refractivity contribution in [3.8, 4) is 5.75 Å². The molecule has 0 amide bonds. The Hall–Kier alpha value is -0.820. The number of halogens is 3. The van der Waals surface area contributed by atoms with E-state index in [-0.39, 0.29) is 0 Å². The Morgan fingerprint density at radius 3 is 2.79 bits per heavy atom. The van der Waals surface area contributed by atoms with Gasteiger partial charge >= 0.3 is 0 Å². The Kier molecular flexibility index (Phi) is 5.04. The molecule has 0 aliphatic heterocycles. The van der Waals surface area contributed by atoms with Crippen molar-refractivity contribution >= 4 is 39.1 Å². The second-order valence-electron chi connectivity index (χ2n) is 3.72.